The summed E-state index contributed by atoms with van der Waals surface area (Å²) in [6, 6.07) is 4.49. The van der Waals surface area contributed by atoms with Crippen LogP contribution < -0.4 is 0 Å². The van der Waals surface area contributed by atoms with Crippen molar-refractivity contribution in [3.63, 3.8) is 0 Å². The molecule has 1 fully saturated rings. The van der Waals surface area contributed by atoms with E-state index in [1.54, 1.807) is 11.3 Å². The molecule has 0 amide bonds. The second-order valence-electron chi connectivity index (χ2n) is 6.43. The van der Waals surface area contributed by atoms with Crippen LogP contribution in [0.5, 0.6) is 0 Å². The van der Waals surface area contributed by atoms with Crippen molar-refractivity contribution in [3.8, 4) is 11.5 Å². The Labute approximate surface area is 145 Å². The minimum absolute atomic E-state index is 0.291. The predicted molar refractivity (Wildman–Crippen MR) is 95.8 cm³/mol. The van der Waals surface area contributed by atoms with Gasteiger partial charge in [-0.1, -0.05) is 0 Å². The minimum Gasteiger partial charge on any atom is -0.341 e. The maximum Gasteiger partial charge on any atom is 0.156 e. The summed E-state index contributed by atoms with van der Waals surface area (Å²) in [6.07, 6.45) is 4.15. The lowest BCUT2D eigenvalue weighted by Crippen LogP contribution is -2.24. The molecule has 1 aliphatic rings. The van der Waals surface area contributed by atoms with Gasteiger partial charge in [0.1, 0.15) is 11.5 Å². The standard InChI is InChI=1S/C18H21N5S/c1-12-8-15(17-19-9-13(2)21-17)22-18(20-12)16-4-3-6-23(16)10-14-5-7-24-11-14/h5,7-9,11,16H,3-4,6,10H2,1-2H3,(H,19,21)/t16-/m0/s1. The summed E-state index contributed by atoms with van der Waals surface area (Å²) in [5.41, 5.74) is 4.30. The van der Waals surface area contributed by atoms with E-state index in [1.807, 2.05) is 26.1 Å². The number of aryl methyl sites for hydroxylation is 2. The Bertz CT molecular complexity index is 824. The molecule has 3 aromatic rings. The van der Waals surface area contributed by atoms with Crippen molar-refractivity contribution in [2.45, 2.75) is 39.3 Å². The van der Waals surface area contributed by atoms with E-state index < -0.39 is 0 Å². The quantitative estimate of drug-likeness (QED) is 0.783. The molecule has 0 unspecified atom stereocenters. The lowest BCUT2D eigenvalue weighted by atomic mass is 10.2. The fraction of sp³-hybridized carbons (Fsp3) is 0.389. The number of aromatic nitrogens is 4. The molecular formula is C18H21N5S. The van der Waals surface area contributed by atoms with Gasteiger partial charge in [0.05, 0.1) is 6.04 Å². The van der Waals surface area contributed by atoms with Crippen LogP contribution in [-0.4, -0.2) is 31.4 Å². The van der Waals surface area contributed by atoms with Gasteiger partial charge in [-0.05, 0) is 61.7 Å². The number of rotatable bonds is 4. The number of H-pyrrole nitrogens is 1. The molecule has 0 spiro atoms. The highest BCUT2D eigenvalue weighted by Crippen LogP contribution is 2.32. The monoisotopic (exact) mass is 339 g/mol. The number of imidazole rings is 1. The van der Waals surface area contributed by atoms with Gasteiger partial charge in [-0.2, -0.15) is 11.3 Å². The largest absolute Gasteiger partial charge is 0.341 e. The maximum absolute atomic E-state index is 4.83. The highest BCUT2D eigenvalue weighted by atomic mass is 32.1. The molecule has 0 aliphatic carbocycles. The molecule has 1 aliphatic heterocycles. The summed E-state index contributed by atoms with van der Waals surface area (Å²) in [7, 11) is 0. The summed E-state index contributed by atoms with van der Waals surface area (Å²) >= 11 is 1.75. The fourth-order valence-electron chi connectivity index (χ4n) is 3.33. The van der Waals surface area contributed by atoms with E-state index in [0.29, 0.717) is 6.04 Å². The van der Waals surface area contributed by atoms with Crippen LogP contribution in [0.2, 0.25) is 0 Å². The van der Waals surface area contributed by atoms with Crippen molar-refractivity contribution in [2.24, 2.45) is 0 Å². The molecule has 4 heterocycles. The zero-order valence-corrected chi connectivity index (χ0v) is 14.8. The number of hydrogen-bond donors (Lipinski definition) is 1. The van der Waals surface area contributed by atoms with E-state index in [0.717, 1.165) is 48.2 Å². The van der Waals surface area contributed by atoms with Gasteiger partial charge in [0, 0.05) is 24.1 Å². The van der Waals surface area contributed by atoms with Crippen molar-refractivity contribution in [1.82, 2.24) is 24.8 Å². The van der Waals surface area contributed by atoms with E-state index in [-0.39, 0.29) is 0 Å². The molecule has 1 saturated heterocycles. The maximum atomic E-state index is 4.83. The number of aromatic amines is 1. The van der Waals surface area contributed by atoms with Crippen molar-refractivity contribution in [1.29, 1.82) is 0 Å². The molecule has 1 N–H and O–H groups in total. The van der Waals surface area contributed by atoms with E-state index in [1.165, 1.54) is 12.0 Å². The first-order valence-electron chi connectivity index (χ1n) is 8.32. The van der Waals surface area contributed by atoms with Gasteiger partial charge in [0.2, 0.25) is 0 Å². The van der Waals surface area contributed by atoms with Crippen LogP contribution in [0.4, 0.5) is 0 Å². The summed E-state index contributed by atoms with van der Waals surface area (Å²) in [4.78, 5) is 19.8. The first-order valence-corrected chi connectivity index (χ1v) is 9.26. The number of hydrogen-bond acceptors (Lipinski definition) is 5. The van der Waals surface area contributed by atoms with Crippen LogP contribution in [-0.2, 0) is 6.54 Å². The van der Waals surface area contributed by atoms with E-state index >= 15 is 0 Å². The molecule has 124 valence electrons. The number of thiophene rings is 1. The van der Waals surface area contributed by atoms with Crippen molar-refractivity contribution in [2.75, 3.05) is 6.54 Å². The van der Waals surface area contributed by atoms with Crippen LogP contribution in [0, 0.1) is 13.8 Å². The summed E-state index contributed by atoms with van der Waals surface area (Å²) < 4.78 is 0. The average molecular weight is 339 g/mol. The Morgan fingerprint density at radius 1 is 1.33 bits per heavy atom. The molecule has 0 saturated carbocycles. The smallest absolute Gasteiger partial charge is 0.156 e. The molecule has 1 atom stereocenters. The molecule has 5 nitrogen and oxygen atoms in total. The van der Waals surface area contributed by atoms with Gasteiger partial charge < -0.3 is 4.98 Å². The van der Waals surface area contributed by atoms with Gasteiger partial charge in [-0.25, -0.2) is 15.0 Å². The molecule has 6 heteroatoms. The van der Waals surface area contributed by atoms with Gasteiger partial charge in [0.25, 0.3) is 0 Å². The average Bonchev–Trinajstić information content (AvgIpc) is 3.29. The van der Waals surface area contributed by atoms with Crippen LogP contribution in [0.15, 0.2) is 29.1 Å². The normalized spacial score (nSPS) is 18.3. The Hall–Kier alpha value is -2.05. The van der Waals surface area contributed by atoms with Crippen molar-refractivity contribution >= 4 is 11.3 Å². The van der Waals surface area contributed by atoms with E-state index in [9.17, 15) is 0 Å². The summed E-state index contributed by atoms with van der Waals surface area (Å²) in [5, 5.41) is 4.37. The molecular weight excluding hydrogens is 318 g/mol. The SMILES string of the molecule is Cc1cc(-c2ncc(C)[nH]2)nc([C@@H]2CCCN2Cc2ccsc2)n1. The highest BCUT2D eigenvalue weighted by molar-refractivity contribution is 7.07. The Morgan fingerprint density at radius 2 is 2.25 bits per heavy atom. The van der Waals surface area contributed by atoms with Crippen LogP contribution in [0.1, 0.15) is 41.7 Å². The van der Waals surface area contributed by atoms with E-state index in [2.05, 4.69) is 31.7 Å². The fourth-order valence-corrected chi connectivity index (χ4v) is 3.99. The highest BCUT2D eigenvalue weighted by Gasteiger charge is 2.29. The van der Waals surface area contributed by atoms with Crippen LogP contribution >= 0.6 is 11.3 Å². The molecule has 0 aromatic carbocycles. The minimum atomic E-state index is 0.291. The third-order valence-corrected chi connectivity index (χ3v) is 5.18. The van der Waals surface area contributed by atoms with Crippen molar-refractivity contribution in [3.05, 3.63) is 51.9 Å². The van der Waals surface area contributed by atoms with Crippen LogP contribution in [0.3, 0.4) is 0 Å². The summed E-state index contributed by atoms with van der Waals surface area (Å²) in [5.74, 6) is 1.74. The first-order chi connectivity index (χ1) is 11.7. The zero-order chi connectivity index (χ0) is 16.5. The Kier molecular flexibility index (Phi) is 4.16. The molecule has 3 aromatic heterocycles. The van der Waals surface area contributed by atoms with Crippen molar-refractivity contribution < 1.29 is 0 Å². The summed E-state index contributed by atoms with van der Waals surface area (Å²) in [6.45, 7) is 6.11. The lowest BCUT2D eigenvalue weighted by molar-refractivity contribution is 0.240. The second-order valence-corrected chi connectivity index (χ2v) is 7.21. The predicted octanol–water partition coefficient (Wildman–Crippen LogP) is 3.88. The number of nitrogens with zero attached hydrogens (tertiary/aromatic N) is 4. The van der Waals surface area contributed by atoms with Gasteiger partial charge in [0.15, 0.2) is 5.82 Å². The lowest BCUT2D eigenvalue weighted by Gasteiger charge is -2.23. The zero-order valence-electron chi connectivity index (χ0n) is 14.0. The number of likely N-dealkylation sites (tertiary alicyclic amines) is 1. The third-order valence-electron chi connectivity index (χ3n) is 4.44. The first kappa shape index (κ1) is 15.5. The second kappa shape index (κ2) is 6.45. The molecule has 0 bridgehead atoms. The topological polar surface area (TPSA) is 57.7 Å². The number of nitrogens with one attached hydrogen (secondary N) is 1. The van der Waals surface area contributed by atoms with Gasteiger partial charge in [-0.15, -0.1) is 0 Å². The van der Waals surface area contributed by atoms with E-state index in [4.69, 9.17) is 9.97 Å². The van der Waals surface area contributed by atoms with Gasteiger partial charge in [-0.3, -0.25) is 4.90 Å². The Balaban J connectivity index is 1.64. The van der Waals surface area contributed by atoms with Gasteiger partial charge >= 0.3 is 0 Å². The molecule has 24 heavy (non-hydrogen) atoms. The third kappa shape index (κ3) is 3.12. The molecule has 0 radical (unpaired) electrons. The van der Waals surface area contributed by atoms with Crippen LogP contribution in [0.25, 0.3) is 11.5 Å². The molecule has 4 rings (SSSR count). The Morgan fingerprint density at radius 3 is 3.00 bits per heavy atom.